The first-order chi connectivity index (χ1) is 11.8. The fourth-order valence-electron chi connectivity index (χ4n) is 2.46. The van der Waals surface area contributed by atoms with Crippen molar-refractivity contribution < 1.29 is 4.79 Å². The second-order valence-electron chi connectivity index (χ2n) is 6.32. The Morgan fingerprint density at radius 3 is 2.00 bits per heavy atom. The Hall–Kier alpha value is -1.50. The summed E-state index contributed by atoms with van der Waals surface area (Å²) in [4.78, 5) is 11.5. The van der Waals surface area contributed by atoms with Crippen molar-refractivity contribution in [2.24, 2.45) is 0 Å². The molecule has 0 aliphatic heterocycles. The van der Waals surface area contributed by atoms with E-state index in [0.29, 0.717) is 6.42 Å². The molecular weight excluding hydrogens is 298 g/mol. The van der Waals surface area contributed by atoms with Gasteiger partial charge >= 0.3 is 6.03 Å². The molecule has 4 nitrogen and oxygen atoms in total. The smallest absolute Gasteiger partial charge is 0.314 e. The average Bonchev–Trinajstić information content (AvgIpc) is 2.59. The highest BCUT2D eigenvalue weighted by Gasteiger charge is 1.97. The van der Waals surface area contributed by atoms with Crippen LogP contribution < -0.4 is 10.6 Å². The minimum absolute atomic E-state index is 0.0311. The van der Waals surface area contributed by atoms with Crippen molar-refractivity contribution in [3.8, 4) is 6.07 Å². The van der Waals surface area contributed by atoms with Gasteiger partial charge in [-0.2, -0.15) is 5.26 Å². The van der Waals surface area contributed by atoms with Crippen molar-refractivity contribution in [1.82, 2.24) is 10.6 Å². The van der Waals surface area contributed by atoms with Crippen LogP contribution >= 0.6 is 0 Å². The summed E-state index contributed by atoms with van der Waals surface area (Å²) in [7, 11) is 0. The Morgan fingerprint density at radius 2 is 1.38 bits per heavy atom. The fraction of sp³-hybridized carbons (Fsp3) is 0.800. The number of carbonyl (C=O) groups is 1. The van der Waals surface area contributed by atoms with Crippen LogP contribution in [0.15, 0.2) is 12.2 Å². The number of urea groups is 1. The third-order valence-electron chi connectivity index (χ3n) is 3.98. The lowest BCUT2D eigenvalue weighted by atomic mass is 10.1. The molecule has 0 aromatic carbocycles. The van der Waals surface area contributed by atoms with Crippen molar-refractivity contribution >= 4 is 6.03 Å². The molecule has 0 aromatic heterocycles. The van der Waals surface area contributed by atoms with E-state index >= 15 is 0 Å². The molecule has 0 radical (unpaired) electrons. The van der Waals surface area contributed by atoms with Gasteiger partial charge in [-0.1, -0.05) is 51.2 Å². The third kappa shape index (κ3) is 18.5. The molecule has 2 amide bonds. The molecule has 0 spiro atoms. The molecule has 0 aliphatic carbocycles. The summed E-state index contributed by atoms with van der Waals surface area (Å²) in [6.45, 7) is 3.70. The molecule has 0 atom stereocenters. The summed E-state index contributed by atoms with van der Waals surface area (Å²) in [5, 5.41) is 14.2. The topological polar surface area (TPSA) is 64.9 Å². The Morgan fingerprint density at radius 1 is 0.833 bits per heavy atom. The summed E-state index contributed by atoms with van der Waals surface area (Å²) in [6, 6.07) is 2.16. The van der Waals surface area contributed by atoms with Gasteiger partial charge in [-0.05, 0) is 44.9 Å². The lowest BCUT2D eigenvalue weighted by Gasteiger charge is -2.06. The molecule has 0 rings (SSSR count). The predicted molar refractivity (Wildman–Crippen MR) is 102 cm³/mol. The Labute approximate surface area is 149 Å². The second kappa shape index (κ2) is 19.5. The number of carbonyl (C=O) groups excluding carboxylic acids is 1. The van der Waals surface area contributed by atoms with Gasteiger partial charge in [0, 0.05) is 19.5 Å². The number of nitrogens with zero attached hydrogens (tertiary/aromatic N) is 1. The molecule has 138 valence electrons. The van der Waals surface area contributed by atoms with E-state index in [1.54, 1.807) is 0 Å². The fourth-order valence-corrected chi connectivity index (χ4v) is 2.46. The minimum atomic E-state index is -0.0311. The molecule has 24 heavy (non-hydrogen) atoms. The molecular formula is C20H37N3O. The summed E-state index contributed by atoms with van der Waals surface area (Å²) in [5.74, 6) is 0. The number of nitriles is 1. The minimum Gasteiger partial charge on any atom is -0.338 e. The van der Waals surface area contributed by atoms with Crippen molar-refractivity contribution in [3.63, 3.8) is 0 Å². The molecule has 0 saturated heterocycles. The zero-order chi connectivity index (χ0) is 17.7. The molecule has 2 N–H and O–H groups in total. The average molecular weight is 336 g/mol. The lowest BCUT2D eigenvalue weighted by Crippen LogP contribution is -2.36. The van der Waals surface area contributed by atoms with Crippen molar-refractivity contribution in [3.05, 3.63) is 12.2 Å². The summed E-state index contributed by atoms with van der Waals surface area (Å²) in [5.41, 5.74) is 0. The van der Waals surface area contributed by atoms with Gasteiger partial charge in [0.2, 0.25) is 0 Å². The first kappa shape index (κ1) is 22.5. The standard InChI is InChI=1S/C20H37N3O/c1-2-3-15-18-22-20(24)23-19-16-13-11-9-7-5-4-6-8-10-12-14-17-21/h7,9H,2-6,8,10-16,18-19H2,1H3,(H2,22,23,24). The SMILES string of the molecule is CCCCCNC(=O)NCCCCC=CCCCCCCCC#N. The Balaban J connectivity index is 3.20. The van der Waals surface area contributed by atoms with E-state index in [1.807, 2.05) is 0 Å². The quantitative estimate of drug-likeness (QED) is 0.291. The first-order valence-electron chi connectivity index (χ1n) is 9.85. The second-order valence-corrected chi connectivity index (χ2v) is 6.32. The zero-order valence-corrected chi connectivity index (χ0v) is 15.6. The summed E-state index contributed by atoms with van der Waals surface area (Å²) in [6.07, 6.45) is 19.1. The van der Waals surface area contributed by atoms with Gasteiger partial charge in [0.15, 0.2) is 0 Å². The van der Waals surface area contributed by atoms with Gasteiger partial charge in [0.1, 0.15) is 0 Å². The van der Waals surface area contributed by atoms with Crippen LogP contribution in [0.1, 0.15) is 90.4 Å². The molecule has 0 unspecified atom stereocenters. The summed E-state index contributed by atoms with van der Waals surface area (Å²) >= 11 is 0. The van der Waals surface area contributed by atoms with Gasteiger partial charge in [0.05, 0.1) is 6.07 Å². The Kier molecular flexibility index (Phi) is 18.3. The number of unbranched alkanes of at least 4 members (excludes halogenated alkanes) is 10. The van der Waals surface area contributed by atoms with E-state index in [0.717, 1.165) is 51.6 Å². The lowest BCUT2D eigenvalue weighted by molar-refractivity contribution is 0.240. The van der Waals surface area contributed by atoms with Crippen LogP contribution in [0, 0.1) is 11.3 Å². The van der Waals surface area contributed by atoms with E-state index in [4.69, 9.17) is 5.26 Å². The molecule has 4 heteroatoms. The number of hydrogen-bond donors (Lipinski definition) is 2. The molecule has 0 aliphatic rings. The maximum atomic E-state index is 11.5. The number of nitrogens with one attached hydrogen (secondary N) is 2. The summed E-state index contributed by atoms with van der Waals surface area (Å²) < 4.78 is 0. The molecule has 0 fully saturated rings. The number of rotatable bonds is 16. The maximum absolute atomic E-state index is 11.5. The highest BCUT2D eigenvalue weighted by molar-refractivity contribution is 5.73. The highest BCUT2D eigenvalue weighted by atomic mass is 16.2. The molecule has 0 saturated carbocycles. The van der Waals surface area contributed by atoms with Crippen LogP contribution in [0.3, 0.4) is 0 Å². The normalized spacial score (nSPS) is 10.7. The van der Waals surface area contributed by atoms with E-state index in [2.05, 4.69) is 35.8 Å². The van der Waals surface area contributed by atoms with E-state index < -0.39 is 0 Å². The number of hydrogen-bond acceptors (Lipinski definition) is 2. The van der Waals surface area contributed by atoms with Gasteiger partial charge < -0.3 is 10.6 Å². The van der Waals surface area contributed by atoms with Crippen LogP contribution in [-0.2, 0) is 0 Å². The molecule has 0 bridgehead atoms. The predicted octanol–water partition coefficient (Wildman–Crippen LogP) is 5.46. The largest absolute Gasteiger partial charge is 0.338 e. The Bertz CT molecular complexity index is 347. The van der Waals surface area contributed by atoms with Crippen LogP contribution in [0.25, 0.3) is 0 Å². The van der Waals surface area contributed by atoms with Crippen LogP contribution in [0.4, 0.5) is 4.79 Å². The van der Waals surface area contributed by atoms with Gasteiger partial charge in [-0.3, -0.25) is 0 Å². The monoisotopic (exact) mass is 335 g/mol. The van der Waals surface area contributed by atoms with Crippen LogP contribution in [-0.4, -0.2) is 19.1 Å². The van der Waals surface area contributed by atoms with Crippen molar-refractivity contribution in [1.29, 1.82) is 5.26 Å². The van der Waals surface area contributed by atoms with E-state index in [1.165, 1.54) is 38.5 Å². The maximum Gasteiger partial charge on any atom is 0.314 e. The first-order valence-corrected chi connectivity index (χ1v) is 9.85. The van der Waals surface area contributed by atoms with Crippen molar-refractivity contribution in [2.75, 3.05) is 13.1 Å². The van der Waals surface area contributed by atoms with E-state index in [-0.39, 0.29) is 6.03 Å². The van der Waals surface area contributed by atoms with Gasteiger partial charge in [0.25, 0.3) is 0 Å². The zero-order valence-electron chi connectivity index (χ0n) is 15.6. The molecule has 0 aromatic rings. The highest BCUT2D eigenvalue weighted by Crippen LogP contribution is 2.07. The van der Waals surface area contributed by atoms with Gasteiger partial charge in [-0.25, -0.2) is 4.79 Å². The number of amides is 2. The third-order valence-corrected chi connectivity index (χ3v) is 3.98. The van der Waals surface area contributed by atoms with Gasteiger partial charge in [-0.15, -0.1) is 0 Å². The van der Waals surface area contributed by atoms with Crippen LogP contribution in [0.2, 0.25) is 0 Å². The molecule has 0 heterocycles. The van der Waals surface area contributed by atoms with E-state index in [9.17, 15) is 4.79 Å². The van der Waals surface area contributed by atoms with Crippen LogP contribution in [0.5, 0.6) is 0 Å². The van der Waals surface area contributed by atoms with Crippen molar-refractivity contribution in [2.45, 2.75) is 90.4 Å². The number of allylic oxidation sites excluding steroid dienone is 2.